The molecule has 2 aromatic rings. The van der Waals surface area contributed by atoms with E-state index in [0.717, 1.165) is 25.3 Å². The quantitative estimate of drug-likeness (QED) is 0.260. The maximum absolute atomic E-state index is 12.4. The molecule has 0 saturated heterocycles. The number of non-ortho nitro benzene ring substituents is 2. The molecule has 0 aromatic heterocycles. The Kier molecular flexibility index (Phi) is 4.87. The molecule has 0 saturated carbocycles. The Morgan fingerprint density at radius 1 is 0.871 bits per heavy atom. The normalized spacial score (nSPS) is 10.9. The van der Waals surface area contributed by atoms with Crippen molar-refractivity contribution in [1.29, 1.82) is 10.5 Å². The van der Waals surface area contributed by atoms with Crippen LogP contribution >= 0.6 is 0 Å². The second-order valence-corrected chi connectivity index (χ2v) is 6.04. The minimum Gasteiger partial charge on any atom is -0.465 e. The highest BCUT2D eigenvalue weighted by Gasteiger charge is 2.39. The number of fused-ring (bicyclic) bond motifs is 3. The van der Waals surface area contributed by atoms with Crippen molar-refractivity contribution in [3.8, 4) is 23.3 Å². The van der Waals surface area contributed by atoms with Gasteiger partial charge in [-0.25, -0.2) is 4.79 Å². The van der Waals surface area contributed by atoms with Crippen molar-refractivity contribution < 1.29 is 24.3 Å². The molecule has 3 rings (SSSR count). The van der Waals surface area contributed by atoms with Crippen molar-refractivity contribution in [3.63, 3.8) is 0 Å². The number of rotatable bonds is 4. The molecule has 0 unspecified atom stereocenters. The van der Waals surface area contributed by atoms with Gasteiger partial charge in [-0.2, -0.15) is 10.5 Å². The molecule has 0 N–H and O–H groups in total. The van der Waals surface area contributed by atoms with E-state index >= 15 is 0 Å². The number of ether oxygens (including phenoxy) is 1. The molecule has 0 fully saturated rings. The summed E-state index contributed by atoms with van der Waals surface area (Å²) < 4.78 is 4.64. The predicted molar refractivity (Wildman–Crippen MR) is 100 cm³/mol. The monoisotopic (exact) mass is 421 g/mol. The number of nitriles is 2. The van der Waals surface area contributed by atoms with E-state index in [-0.39, 0.29) is 27.8 Å². The number of nitrogens with zero attached hydrogens (tertiary/aromatic N) is 5. The van der Waals surface area contributed by atoms with Gasteiger partial charge in [-0.1, -0.05) is 0 Å². The second-order valence-electron chi connectivity index (χ2n) is 6.04. The molecule has 0 radical (unpaired) electrons. The first-order valence-electron chi connectivity index (χ1n) is 8.09. The Labute approximate surface area is 171 Å². The van der Waals surface area contributed by atoms with Crippen LogP contribution in [0.15, 0.2) is 29.8 Å². The van der Waals surface area contributed by atoms with Gasteiger partial charge in [0.15, 0.2) is 0 Å². The number of hydrogen-bond donors (Lipinski definition) is 0. The first-order chi connectivity index (χ1) is 14.7. The van der Waals surface area contributed by atoms with E-state index in [1.807, 2.05) is 0 Å². The molecule has 1 aliphatic rings. The molecule has 0 spiro atoms. The third kappa shape index (κ3) is 3.08. The van der Waals surface area contributed by atoms with E-state index in [9.17, 15) is 45.7 Å². The van der Waals surface area contributed by atoms with E-state index in [1.165, 1.54) is 0 Å². The summed E-state index contributed by atoms with van der Waals surface area (Å²) in [6.45, 7) is 0. The van der Waals surface area contributed by atoms with Gasteiger partial charge in [-0.05, 0) is 0 Å². The summed E-state index contributed by atoms with van der Waals surface area (Å²) in [7, 11) is 0.987. The van der Waals surface area contributed by atoms with Gasteiger partial charge in [-0.3, -0.25) is 30.3 Å². The van der Waals surface area contributed by atoms with Gasteiger partial charge in [0.05, 0.1) is 39.1 Å². The number of methoxy groups -OCH3 is 1. The maximum Gasteiger partial charge on any atom is 0.338 e. The number of allylic oxidation sites excluding steroid dienone is 1. The number of carbonyl (C=O) groups is 1. The Morgan fingerprint density at radius 2 is 1.39 bits per heavy atom. The summed E-state index contributed by atoms with van der Waals surface area (Å²) in [5.41, 5.74) is -4.39. The van der Waals surface area contributed by atoms with Crippen molar-refractivity contribution in [2.45, 2.75) is 0 Å². The van der Waals surface area contributed by atoms with Crippen LogP contribution in [-0.2, 0) is 4.74 Å². The molecule has 13 nitrogen and oxygen atoms in total. The van der Waals surface area contributed by atoms with Gasteiger partial charge in [0.2, 0.25) is 0 Å². The number of hydrogen-bond acceptors (Lipinski definition) is 10. The summed E-state index contributed by atoms with van der Waals surface area (Å²) in [6.07, 6.45) is 0. The second kappa shape index (κ2) is 7.34. The zero-order valence-electron chi connectivity index (χ0n) is 15.3. The molecule has 13 heteroatoms. The van der Waals surface area contributed by atoms with Crippen molar-refractivity contribution in [2.75, 3.05) is 7.11 Å². The van der Waals surface area contributed by atoms with Crippen LogP contribution in [0.3, 0.4) is 0 Å². The number of nitro groups is 3. The highest BCUT2D eigenvalue weighted by Crippen LogP contribution is 2.53. The average Bonchev–Trinajstić information content (AvgIpc) is 3.07. The van der Waals surface area contributed by atoms with E-state index in [2.05, 4.69) is 4.74 Å². The van der Waals surface area contributed by atoms with Crippen molar-refractivity contribution in [3.05, 3.63) is 76.9 Å². The third-order valence-corrected chi connectivity index (χ3v) is 4.51. The van der Waals surface area contributed by atoms with Crippen LogP contribution in [0.2, 0.25) is 0 Å². The molecule has 1 aliphatic carbocycles. The molecule has 0 bridgehead atoms. The van der Waals surface area contributed by atoms with Crippen LogP contribution in [0.5, 0.6) is 0 Å². The summed E-state index contributed by atoms with van der Waals surface area (Å²) in [5, 5.41) is 53.1. The highest BCUT2D eigenvalue weighted by atomic mass is 16.6. The molecule has 0 heterocycles. The lowest BCUT2D eigenvalue weighted by Crippen LogP contribution is -2.06. The first kappa shape index (κ1) is 20.6. The number of esters is 1. The molecule has 152 valence electrons. The summed E-state index contributed by atoms with van der Waals surface area (Å²) in [5.74, 6) is -1.07. The third-order valence-electron chi connectivity index (χ3n) is 4.51. The number of benzene rings is 2. The molecule has 0 aliphatic heterocycles. The standard InChI is InChI=1S/C18H7N5O8/c1-31-18(24)13-4-9(21(25)26)2-11-15(8(6-19)7-20)12-3-10(22(27)28)5-14(23(29)30)17(12)16(11)13/h2-5H,1H3. The Morgan fingerprint density at radius 3 is 1.84 bits per heavy atom. The van der Waals surface area contributed by atoms with E-state index in [0.29, 0.717) is 6.07 Å². The minimum atomic E-state index is -1.07. The fourth-order valence-corrected chi connectivity index (χ4v) is 3.34. The Bertz CT molecular complexity index is 1330. The minimum absolute atomic E-state index is 0.202. The molecular formula is C18H7N5O8. The molecule has 2 aromatic carbocycles. The van der Waals surface area contributed by atoms with Crippen LogP contribution in [0, 0.1) is 53.0 Å². The lowest BCUT2D eigenvalue weighted by Gasteiger charge is -2.08. The van der Waals surface area contributed by atoms with Gasteiger partial charge in [0, 0.05) is 40.5 Å². The maximum atomic E-state index is 12.4. The molecule has 0 amide bonds. The Hall–Kier alpha value is -5.17. The van der Waals surface area contributed by atoms with Gasteiger partial charge in [-0.15, -0.1) is 0 Å². The van der Waals surface area contributed by atoms with E-state index in [4.69, 9.17) is 0 Å². The van der Waals surface area contributed by atoms with Gasteiger partial charge < -0.3 is 4.74 Å². The fourth-order valence-electron chi connectivity index (χ4n) is 3.34. The summed E-state index contributed by atoms with van der Waals surface area (Å²) >= 11 is 0. The smallest absolute Gasteiger partial charge is 0.338 e. The summed E-state index contributed by atoms with van der Waals surface area (Å²) in [6, 6.07) is 6.48. The number of nitro benzene ring substituents is 3. The number of carbonyl (C=O) groups excluding carboxylic acids is 1. The molecular weight excluding hydrogens is 414 g/mol. The van der Waals surface area contributed by atoms with E-state index in [1.54, 1.807) is 12.1 Å². The summed E-state index contributed by atoms with van der Waals surface area (Å²) in [4.78, 5) is 44.1. The first-order valence-corrected chi connectivity index (χ1v) is 8.09. The average molecular weight is 421 g/mol. The topological polar surface area (TPSA) is 203 Å². The zero-order chi connectivity index (χ0) is 23.0. The fraction of sp³-hybridized carbons (Fsp3) is 0.0556. The van der Waals surface area contributed by atoms with Crippen LogP contribution in [0.4, 0.5) is 17.1 Å². The van der Waals surface area contributed by atoms with Crippen LogP contribution in [0.1, 0.15) is 21.5 Å². The van der Waals surface area contributed by atoms with E-state index < -0.39 is 48.9 Å². The lowest BCUT2D eigenvalue weighted by atomic mass is 9.96. The van der Waals surface area contributed by atoms with Gasteiger partial charge in [0.25, 0.3) is 17.1 Å². The molecule has 31 heavy (non-hydrogen) atoms. The largest absolute Gasteiger partial charge is 0.465 e. The van der Waals surface area contributed by atoms with Gasteiger partial charge >= 0.3 is 5.97 Å². The van der Waals surface area contributed by atoms with Crippen molar-refractivity contribution >= 4 is 28.6 Å². The van der Waals surface area contributed by atoms with Crippen LogP contribution in [0.25, 0.3) is 16.7 Å². The lowest BCUT2D eigenvalue weighted by molar-refractivity contribution is -0.393. The zero-order valence-corrected chi connectivity index (χ0v) is 15.3. The van der Waals surface area contributed by atoms with Gasteiger partial charge in [0.1, 0.15) is 17.7 Å². The van der Waals surface area contributed by atoms with Crippen molar-refractivity contribution in [2.24, 2.45) is 0 Å². The molecule has 0 atom stereocenters. The SMILES string of the molecule is COC(=O)c1cc([N+](=O)[O-])cc2c1-c1c(cc([N+](=O)[O-])cc1[N+](=O)[O-])C2=C(C#N)C#N. The van der Waals surface area contributed by atoms with Crippen LogP contribution < -0.4 is 0 Å². The van der Waals surface area contributed by atoms with Crippen molar-refractivity contribution in [1.82, 2.24) is 0 Å². The highest BCUT2D eigenvalue weighted by molar-refractivity contribution is 6.13. The predicted octanol–water partition coefficient (Wildman–Crippen LogP) is 3.03. The van der Waals surface area contributed by atoms with Crippen LogP contribution in [-0.4, -0.2) is 27.8 Å². The Balaban J connectivity index is 2.66.